The maximum Gasteiger partial charge on any atom is 0.265 e. The molecule has 20 heavy (non-hydrogen) atoms. The molecule has 6 heteroatoms. The predicted molar refractivity (Wildman–Crippen MR) is 73.4 cm³/mol. The van der Waals surface area contributed by atoms with Gasteiger partial charge in [0, 0.05) is 29.9 Å². The Labute approximate surface area is 116 Å². The minimum absolute atomic E-state index is 0.334. The van der Waals surface area contributed by atoms with E-state index in [1.165, 1.54) is 18.2 Å². The minimum Gasteiger partial charge on any atom is -0.330 e. The van der Waals surface area contributed by atoms with Crippen LogP contribution in [0.2, 0.25) is 0 Å². The molecule has 2 aromatic rings. The average Bonchev–Trinajstić information content (AvgIpc) is 2.88. The average molecular weight is 276 g/mol. The van der Waals surface area contributed by atoms with Gasteiger partial charge in [0.25, 0.3) is 5.91 Å². The summed E-state index contributed by atoms with van der Waals surface area (Å²) in [4.78, 5) is 15.7. The SMILES string of the molecule is CCCc1nccn1Cc1cc(C(=O)NN)ccc1F. The second-order valence-electron chi connectivity index (χ2n) is 4.50. The number of nitrogens with zero attached hydrogens (tertiary/aromatic N) is 2. The molecule has 0 radical (unpaired) electrons. The summed E-state index contributed by atoms with van der Waals surface area (Å²) in [5.74, 6) is 5.20. The summed E-state index contributed by atoms with van der Waals surface area (Å²) in [6.07, 6.45) is 5.30. The molecule has 1 aromatic heterocycles. The second-order valence-corrected chi connectivity index (χ2v) is 4.50. The monoisotopic (exact) mass is 276 g/mol. The van der Waals surface area contributed by atoms with Gasteiger partial charge in [0.2, 0.25) is 0 Å². The lowest BCUT2D eigenvalue weighted by molar-refractivity contribution is 0.0953. The number of benzene rings is 1. The molecule has 5 nitrogen and oxygen atoms in total. The molecule has 0 bridgehead atoms. The Morgan fingerprint density at radius 2 is 2.30 bits per heavy atom. The number of aryl methyl sites for hydroxylation is 1. The molecule has 106 valence electrons. The van der Waals surface area contributed by atoms with Gasteiger partial charge in [-0.2, -0.15) is 0 Å². The quantitative estimate of drug-likeness (QED) is 0.495. The first-order valence-corrected chi connectivity index (χ1v) is 6.45. The van der Waals surface area contributed by atoms with E-state index in [0.29, 0.717) is 17.7 Å². The van der Waals surface area contributed by atoms with Crippen LogP contribution < -0.4 is 11.3 Å². The highest BCUT2D eigenvalue weighted by Gasteiger charge is 2.10. The fourth-order valence-electron chi connectivity index (χ4n) is 2.04. The van der Waals surface area contributed by atoms with Gasteiger partial charge in [-0.25, -0.2) is 15.2 Å². The Kier molecular flexibility index (Phi) is 4.47. The highest BCUT2D eigenvalue weighted by Crippen LogP contribution is 2.14. The molecular weight excluding hydrogens is 259 g/mol. The summed E-state index contributed by atoms with van der Waals surface area (Å²) in [6, 6.07) is 4.19. The van der Waals surface area contributed by atoms with Crippen molar-refractivity contribution in [1.82, 2.24) is 15.0 Å². The van der Waals surface area contributed by atoms with Crippen LogP contribution in [0.4, 0.5) is 4.39 Å². The van der Waals surface area contributed by atoms with E-state index in [0.717, 1.165) is 18.7 Å². The first-order chi connectivity index (χ1) is 9.65. The number of hydrogen-bond acceptors (Lipinski definition) is 3. The summed E-state index contributed by atoms with van der Waals surface area (Å²) in [7, 11) is 0. The van der Waals surface area contributed by atoms with Gasteiger partial charge in [0.15, 0.2) is 0 Å². The first kappa shape index (κ1) is 14.2. The van der Waals surface area contributed by atoms with Crippen molar-refractivity contribution in [3.8, 4) is 0 Å². The zero-order chi connectivity index (χ0) is 14.5. The molecule has 0 unspecified atom stereocenters. The van der Waals surface area contributed by atoms with Gasteiger partial charge in [-0.15, -0.1) is 0 Å². The largest absolute Gasteiger partial charge is 0.330 e. The van der Waals surface area contributed by atoms with Crippen LogP contribution in [0.3, 0.4) is 0 Å². The van der Waals surface area contributed by atoms with Crippen LogP contribution in [0.25, 0.3) is 0 Å². The number of aromatic nitrogens is 2. The molecule has 0 saturated heterocycles. The van der Waals surface area contributed by atoms with Crippen LogP contribution in [-0.4, -0.2) is 15.5 Å². The topological polar surface area (TPSA) is 72.9 Å². The Hall–Kier alpha value is -2.21. The molecule has 3 N–H and O–H groups in total. The highest BCUT2D eigenvalue weighted by molar-refractivity contribution is 5.93. The minimum atomic E-state index is -0.439. The van der Waals surface area contributed by atoms with Gasteiger partial charge < -0.3 is 4.57 Å². The summed E-state index contributed by atoms with van der Waals surface area (Å²) in [6.45, 7) is 2.40. The van der Waals surface area contributed by atoms with E-state index in [1.807, 2.05) is 9.99 Å². The van der Waals surface area contributed by atoms with Crippen LogP contribution in [0, 0.1) is 5.82 Å². The highest BCUT2D eigenvalue weighted by atomic mass is 19.1. The van der Waals surface area contributed by atoms with Crippen molar-refractivity contribution in [2.45, 2.75) is 26.3 Å². The number of amides is 1. The fourth-order valence-corrected chi connectivity index (χ4v) is 2.04. The molecule has 1 amide bonds. The maximum absolute atomic E-state index is 13.8. The standard InChI is InChI=1S/C14H17FN4O/c1-2-3-13-17-6-7-19(13)9-11-8-10(14(20)18-16)4-5-12(11)15/h4-8H,2-3,9,16H2,1H3,(H,18,20). The van der Waals surface area contributed by atoms with Crippen molar-refractivity contribution < 1.29 is 9.18 Å². The lowest BCUT2D eigenvalue weighted by Crippen LogP contribution is -2.30. The van der Waals surface area contributed by atoms with E-state index in [1.54, 1.807) is 12.4 Å². The van der Waals surface area contributed by atoms with Gasteiger partial charge in [-0.3, -0.25) is 10.2 Å². The molecule has 0 spiro atoms. The van der Waals surface area contributed by atoms with E-state index in [9.17, 15) is 9.18 Å². The molecule has 0 aliphatic carbocycles. The van der Waals surface area contributed by atoms with Crippen molar-refractivity contribution in [2.75, 3.05) is 0 Å². The molecule has 0 aliphatic heterocycles. The van der Waals surface area contributed by atoms with Crippen molar-refractivity contribution in [2.24, 2.45) is 5.84 Å². The van der Waals surface area contributed by atoms with Crippen LogP contribution >= 0.6 is 0 Å². The molecule has 2 rings (SSSR count). The first-order valence-electron chi connectivity index (χ1n) is 6.45. The third kappa shape index (κ3) is 3.03. The van der Waals surface area contributed by atoms with Crippen LogP contribution in [0.5, 0.6) is 0 Å². The zero-order valence-corrected chi connectivity index (χ0v) is 11.3. The summed E-state index contributed by atoms with van der Waals surface area (Å²) in [5, 5.41) is 0. The Bertz CT molecular complexity index is 609. The maximum atomic E-state index is 13.8. The number of halogens is 1. The number of hydrogen-bond donors (Lipinski definition) is 2. The number of rotatable bonds is 5. The fraction of sp³-hybridized carbons (Fsp3) is 0.286. The van der Waals surface area contributed by atoms with E-state index in [4.69, 9.17) is 5.84 Å². The number of carbonyl (C=O) groups is 1. The van der Waals surface area contributed by atoms with E-state index < -0.39 is 5.91 Å². The van der Waals surface area contributed by atoms with Crippen molar-refractivity contribution >= 4 is 5.91 Å². The Morgan fingerprint density at radius 3 is 3.00 bits per heavy atom. The smallest absolute Gasteiger partial charge is 0.265 e. The van der Waals surface area contributed by atoms with Gasteiger partial charge in [-0.05, 0) is 24.6 Å². The van der Waals surface area contributed by atoms with Crippen LogP contribution in [0.15, 0.2) is 30.6 Å². The van der Waals surface area contributed by atoms with E-state index in [-0.39, 0.29) is 5.82 Å². The van der Waals surface area contributed by atoms with Gasteiger partial charge in [0.05, 0.1) is 6.54 Å². The lowest BCUT2D eigenvalue weighted by atomic mass is 10.1. The molecule has 0 atom stereocenters. The second kappa shape index (κ2) is 6.29. The summed E-state index contributed by atoms with van der Waals surface area (Å²) < 4.78 is 15.7. The van der Waals surface area contributed by atoms with Gasteiger partial charge >= 0.3 is 0 Å². The summed E-state index contributed by atoms with van der Waals surface area (Å²) >= 11 is 0. The number of hydrazine groups is 1. The molecule has 0 aliphatic rings. The molecular formula is C14H17FN4O. The normalized spacial score (nSPS) is 10.6. The van der Waals surface area contributed by atoms with Crippen molar-refractivity contribution in [1.29, 1.82) is 0 Å². The number of nitrogens with one attached hydrogen (secondary N) is 1. The predicted octanol–water partition coefficient (Wildman–Crippen LogP) is 1.63. The number of imidazole rings is 1. The zero-order valence-electron chi connectivity index (χ0n) is 11.3. The Balaban J connectivity index is 2.28. The van der Waals surface area contributed by atoms with E-state index in [2.05, 4.69) is 11.9 Å². The number of nitrogen functional groups attached to an aromatic ring is 1. The number of nitrogens with two attached hydrogens (primary N) is 1. The van der Waals surface area contributed by atoms with Crippen LogP contribution in [0.1, 0.15) is 35.1 Å². The van der Waals surface area contributed by atoms with Gasteiger partial charge in [-0.1, -0.05) is 6.92 Å². The third-order valence-electron chi connectivity index (χ3n) is 3.06. The van der Waals surface area contributed by atoms with Crippen molar-refractivity contribution in [3.63, 3.8) is 0 Å². The molecule has 1 heterocycles. The number of carbonyl (C=O) groups excluding carboxylic acids is 1. The van der Waals surface area contributed by atoms with Crippen molar-refractivity contribution in [3.05, 3.63) is 53.4 Å². The van der Waals surface area contributed by atoms with Gasteiger partial charge in [0.1, 0.15) is 11.6 Å². The molecule has 0 fully saturated rings. The third-order valence-corrected chi connectivity index (χ3v) is 3.06. The lowest BCUT2D eigenvalue weighted by Gasteiger charge is -2.09. The Morgan fingerprint density at radius 1 is 1.50 bits per heavy atom. The van der Waals surface area contributed by atoms with Crippen LogP contribution in [-0.2, 0) is 13.0 Å². The van der Waals surface area contributed by atoms with E-state index >= 15 is 0 Å². The molecule has 0 saturated carbocycles. The summed E-state index contributed by atoms with van der Waals surface area (Å²) in [5.41, 5.74) is 2.80. The molecule has 1 aromatic carbocycles.